The van der Waals surface area contributed by atoms with E-state index in [4.69, 9.17) is 5.11 Å². The summed E-state index contributed by atoms with van der Waals surface area (Å²) in [5, 5.41) is 28.9. The molecule has 0 saturated carbocycles. The summed E-state index contributed by atoms with van der Waals surface area (Å²) < 4.78 is 13.5. The predicted molar refractivity (Wildman–Crippen MR) is 120 cm³/mol. The van der Waals surface area contributed by atoms with E-state index >= 15 is 0 Å². The Hall–Kier alpha value is -1.76. The van der Waals surface area contributed by atoms with Gasteiger partial charge in [-0.3, -0.25) is 4.79 Å². The first-order valence-corrected chi connectivity index (χ1v) is 10.5. The van der Waals surface area contributed by atoms with Crippen LogP contribution >= 0.6 is 0 Å². The molecule has 0 aromatic heterocycles. The van der Waals surface area contributed by atoms with E-state index in [0.29, 0.717) is 0 Å². The monoisotopic (exact) mass is 448 g/mol. The molecule has 3 atom stereocenters. The average Bonchev–Trinajstić information content (AvgIpc) is 2.97. The number of hydrogen-bond acceptors (Lipinski definition) is 3. The fourth-order valence-corrected chi connectivity index (χ4v) is 4.46. The maximum Gasteiger partial charge on any atom is 1.00 e. The van der Waals surface area contributed by atoms with Crippen molar-refractivity contribution in [1.82, 2.24) is 0 Å². The largest absolute Gasteiger partial charge is 1.00 e. The van der Waals surface area contributed by atoms with Gasteiger partial charge >= 0.3 is 35.5 Å². The van der Waals surface area contributed by atoms with Crippen LogP contribution in [0.15, 0.2) is 72.3 Å². The Kier molecular flexibility index (Phi) is 9.43. The van der Waals surface area contributed by atoms with Crippen LogP contribution in [0.2, 0.25) is 0 Å². The molecule has 1 aliphatic carbocycles. The van der Waals surface area contributed by atoms with Gasteiger partial charge in [-0.15, -0.1) is 0 Å². The second kappa shape index (κ2) is 11.4. The molecule has 0 bridgehead atoms. The molecule has 4 nitrogen and oxygen atoms in total. The minimum absolute atomic E-state index is 0. The van der Waals surface area contributed by atoms with Crippen molar-refractivity contribution in [1.29, 1.82) is 0 Å². The number of carbonyl (C=O) groups is 1. The van der Waals surface area contributed by atoms with Crippen LogP contribution in [-0.2, 0) is 4.79 Å². The number of aliphatic hydroxyl groups excluding tert-OH is 2. The van der Waals surface area contributed by atoms with Gasteiger partial charge in [-0.25, -0.2) is 4.39 Å². The number of rotatable bonds is 8. The zero-order valence-corrected chi connectivity index (χ0v) is 20.8. The van der Waals surface area contributed by atoms with Crippen molar-refractivity contribution in [2.75, 3.05) is 0 Å². The van der Waals surface area contributed by atoms with Gasteiger partial charge in [-0.2, -0.15) is 0 Å². The number of carboxylic acid groups (broad SMARTS) is 1. The van der Waals surface area contributed by atoms with Gasteiger partial charge in [0.15, 0.2) is 0 Å². The van der Waals surface area contributed by atoms with Crippen molar-refractivity contribution in [2.45, 2.75) is 51.2 Å². The van der Waals surface area contributed by atoms with Crippen molar-refractivity contribution < 1.29 is 55.5 Å². The SMILES string of the molecule is CC1(C)C(/C=C/C(O)CC(O)CC(=O)O)=C(c2ccc(F)cc2)CC1c1ccccc1.[H-].[Na+]. The number of benzene rings is 2. The van der Waals surface area contributed by atoms with Crippen LogP contribution < -0.4 is 29.6 Å². The second-order valence-corrected chi connectivity index (χ2v) is 8.70. The molecule has 2 aromatic carbocycles. The minimum atomic E-state index is -1.11. The minimum Gasteiger partial charge on any atom is -1.00 e. The second-order valence-electron chi connectivity index (χ2n) is 8.70. The maximum atomic E-state index is 13.5. The third kappa shape index (κ3) is 6.40. The summed E-state index contributed by atoms with van der Waals surface area (Å²) in [7, 11) is 0. The molecule has 0 heterocycles. The van der Waals surface area contributed by atoms with Gasteiger partial charge in [-0.05, 0) is 52.2 Å². The Morgan fingerprint density at radius 1 is 1.16 bits per heavy atom. The van der Waals surface area contributed by atoms with Gasteiger partial charge < -0.3 is 16.7 Å². The first-order valence-electron chi connectivity index (χ1n) is 10.5. The van der Waals surface area contributed by atoms with Crippen LogP contribution in [-0.4, -0.2) is 33.5 Å². The fraction of sp³-hybridized carbons (Fsp3) is 0.346. The van der Waals surface area contributed by atoms with Crippen LogP contribution in [0.5, 0.6) is 0 Å². The van der Waals surface area contributed by atoms with Gasteiger partial charge in [0.1, 0.15) is 5.82 Å². The molecule has 2 aromatic rings. The Bertz CT molecular complexity index is 974. The average molecular weight is 449 g/mol. The first-order chi connectivity index (χ1) is 14.7. The summed E-state index contributed by atoms with van der Waals surface area (Å²) in [4.78, 5) is 10.7. The van der Waals surface area contributed by atoms with Gasteiger partial charge in [-0.1, -0.05) is 68.5 Å². The molecule has 0 saturated heterocycles. The van der Waals surface area contributed by atoms with Crippen LogP contribution in [0.25, 0.3) is 5.57 Å². The third-order valence-corrected chi connectivity index (χ3v) is 6.10. The van der Waals surface area contributed by atoms with E-state index in [1.807, 2.05) is 24.3 Å². The van der Waals surface area contributed by atoms with Crippen molar-refractivity contribution in [2.24, 2.45) is 5.41 Å². The van der Waals surface area contributed by atoms with E-state index in [0.717, 1.165) is 23.1 Å². The van der Waals surface area contributed by atoms with E-state index in [2.05, 4.69) is 26.0 Å². The molecular weight excluding hydrogens is 418 g/mol. The number of carboxylic acids is 1. The Morgan fingerprint density at radius 2 is 1.78 bits per heavy atom. The van der Waals surface area contributed by atoms with Crippen molar-refractivity contribution >= 4 is 11.5 Å². The molecule has 3 unspecified atom stereocenters. The summed E-state index contributed by atoms with van der Waals surface area (Å²) in [6, 6.07) is 16.7. The number of hydrogen-bond donors (Lipinski definition) is 3. The summed E-state index contributed by atoms with van der Waals surface area (Å²) in [5.74, 6) is -1.18. The van der Waals surface area contributed by atoms with E-state index in [1.54, 1.807) is 18.2 Å². The molecule has 166 valence electrons. The molecular formula is C26H30FNaO4. The molecule has 6 heteroatoms. The van der Waals surface area contributed by atoms with E-state index in [-0.39, 0.29) is 54.6 Å². The first kappa shape index (κ1) is 26.5. The van der Waals surface area contributed by atoms with Crippen molar-refractivity contribution in [3.05, 3.63) is 89.3 Å². The molecule has 32 heavy (non-hydrogen) atoms. The van der Waals surface area contributed by atoms with Crippen LogP contribution in [0.1, 0.15) is 51.6 Å². The molecule has 0 fully saturated rings. The number of allylic oxidation sites excluding steroid dienone is 3. The van der Waals surface area contributed by atoms with E-state index in [1.165, 1.54) is 17.7 Å². The summed E-state index contributed by atoms with van der Waals surface area (Å²) in [6.45, 7) is 4.32. The fourth-order valence-electron chi connectivity index (χ4n) is 4.46. The van der Waals surface area contributed by atoms with Gasteiger partial charge in [0.2, 0.25) is 0 Å². The number of aliphatic carboxylic acids is 1. The Labute approximate surface area is 212 Å². The van der Waals surface area contributed by atoms with Crippen LogP contribution in [0, 0.1) is 11.2 Å². The van der Waals surface area contributed by atoms with E-state index < -0.39 is 24.6 Å². The molecule has 0 spiro atoms. The van der Waals surface area contributed by atoms with Gasteiger partial charge in [0, 0.05) is 6.42 Å². The standard InChI is InChI=1S/C26H29FO4.Na.H/c1-26(2)23(13-12-20(28)14-21(29)15-25(30)31)22(17-8-10-19(27)11-9-17)16-24(26)18-6-4-3-5-7-18;;/h3-13,20-21,24,28-29H,14-16H2,1-2H3,(H,30,31);;/q;+1;-1/b13-12+;;. The molecule has 0 amide bonds. The maximum absolute atomic E-state index is 13.5. The summed E-state index contributed by atoms with van der Waals surface area (Å²) in [5.41, 5.74) is 4.04. The molecule has 3 N–H and O–H groups in total. The molecule has 0 radical (unpaired) electrons. The molecule has 0 aliphatic heterocycles. The van der Waals surface area contributed by atoms with Gasteiger partial charge in [0.25, 0.3) is 0 Å². The zero-order chi connectivity index (χ0) is 22.6. The van der Waals surface area contributed by atoms with Crippen LogP contribution in [0.4, 0.5) is 4.39 Å². The Morgan fingerprint density at radius 3 is 2.38 bits per heavy atom. The quantitative estimate of drug-likeness (QED) is 0.541. The normalized spacial score (nSPS) is 19.6. The van der Waals surface area contributed by atoms with E-state index in [9.17, 15) is 19.4 Å². The predicted octanol–water partition coefficient (Wildman–Crippen LogP) is 2.05. The van der Waals surface area contributed by atoms with Gasteiger partial charge in [0.05, 0.1) is 18.6 Å². The van der Waals surface area contributed by atoms with Crippen molar-refractivity contribution in [3.63, 3.8) is 0 Å². The summed E-state index contributed by atoms with van der Waals surface area (Å²) in [6.07, 6.45) is 1.72. The smallest absolute Gasteiger partial charge is 1.00 e. The molecule has 1 aliphatic rings. The zero-order valence-electron chi connectivity index (χ0n) is 19.8. The third-order valence-electron chi connectivity index (χ3n) is 6.10. The Balaban J connectivity index is 0.00000272. The summed E-state index contributed by atoms with van der Waals surface area (Å²) >= 11 is 0. The number of aliphatic hydroxyl groups is 2. The number of halogens is 1. The topological polar surface area (TPSA) is 77.8 Å². The molecule has 3 rings (SSSR count). The van der Waals surface area contributed by atoms with Crippen LogP contribution in [0.3, 0.4) is 0 Å². The van der Waals surface area contributed by atoms with Crippen molar-refractivity contribution in [3.8, 4) is 0 Å².